The van der Waals surface area contributed by atoms with E-state index < -0.39 is 5.69 Å². The van der Waals surface area contributed by atoms with Crippen molar-refractivity contribution >= 4 is 22.9 Å². The second kappa shape index (κ2) is 7.01. The molecule has 4 heterocycles. The van der Waals surface area contributed by atoms with E-state index in [1.165, 1.54) is 16.5 Å². The van der Waals surface area contributed by atoms with Crippen LogP contribution in [0.1, 0.15) is 23.3 Å². The maximum atomic E-state index is 12.6. The lowest BCUT2D eigenvalue weighted by atomic mass is 10.2. The van der Waals surface area contributed by atoms with E-state index >= 15 is 0 Å². The predicted molar refractivity (Wildman–Crippen MR) is 111 cm³/mol. The van der Waals surface area contributed by atoms with Crippen LogP contribution in [-0.2, 0) is 27.2 Å². The number of amides is 1. The van der Waals surface area contributed by atoms with Gasteiger partial charge in [-0.25, -0.2) is 14.8 Å². The average Bonchev–Trinajstić information content (AvgIpc) is 3.35. The molecule has 0 saturated heterocycles. The number of anilines is 1. The normalized spacial score (nSPS) is 14.1. The number of unbranched alkanes of at least 4 members (excludes halogenated alkanes) is 1. The summed E-state index contributed by atoms with van der Waals surface area (Å²) in [6.45, 7) is 5.10. The summed E-state index contributed by atoms with van der Waals surface area (Å²) in [5.41, 5.74) is 0.584. The quantitative estimate of drug-likeness (QED) is 0.551. The van der Waals surface area contributed by atoms with Gasteiger partial charge in [0.25, 0.3) is 11.5 Å². The molecule has 0 bridgehead atoms. The van der Waals surface area contributed by atoms with Crippen LogP contribution in [0.4, 0.5) is 5.82 Å². The van der Waals surface area contributed by atoms with E-state index in [2.05, 4.69) is 16.5 Å². The molecule has 0 N–H and O–H groups in total. The zero-order valence-corrected chi connectivity index (χ0v) is 17.5. The zero-order chi connectivity index (χ0) is 21.7. The fourth-order valence-corrected chi connectivity index (χ4v) is 3.76. The van der Waals surface area contributed by atoms with Gasteiger partial charge in [0.15, 0.2) is 22.7 Å². The van der Waals surface area contributed by atoms with Crippen molar-refractivity contribution in [2.75, 3.05) is 19.0 Å². The minimum Gasteiger partial charge on any atom is -0.325 e. The van der Waals surface area contributed by atoms with E-state index in [1.807, 2.05) is 11.6 Å². The van der Waals surface area contributed by atoms with Gasteiger partial charge in [0.2, 0.25) is 0 Å². The molecule has 158 valence electrons. The number of rotatable bonds is 5. The first-order valence-corrected chi connectivity index (χ1v) is 9.60. The summed E-state index contributed by atoms with van der Waals surface area (Å²) in [4.78, 5) is 49.1. The lowest BCUT2D eigenvalue weighted by Crippen LogP contribution is -2.41. The summed E-state index contributed by atoms with van der Waals surface area (Å²) in [5, 5.41) is 0. The Morgan fingerprint density at radius 2 is 1.50 bits per heavy atom. The Balaban J connectivity index is 1.50. The number of aryl methyl sites for hydroxylation is 3. The van der Waals surface area contributed by atoms with Crippen molar-refractivity contribution in [3.05, 3.63) is 51.6 Å². The molecule has 4 rings (SSSR count). The van der Waals surface area contributed by atoms with E-state index in [9.17, 15) is 14.4 Å². The summed E-state index contributed by atoms with van der Waals surface area (Å²) in [6, 6.07) is 0. The fraction of sp³-hybridized carbons (Fsp3) is 0.421. The smallest absolute Gasteiger partial charge is 0.325 e. The lowest BCUT2D eigenvalue weighted by molar-refractivity contribution is 0.0815. The van der Waals surface area contributed by atoms with Crippen molar-refractivity contribution < 1.29 is 4.79 Å². The SMILES string of the molecule is C=C1N(C)C(=O)c2c(ncn2CCCCn2cnc3c2c(=O)n(C)c(=O)n3C)N1C. The Bertz CT molecular complexity index is 1290. The minimum absolute atomic E-state index is 0.129. The first-order chi connectivity index (χ1) is 14.2. The molecule has 0 aromatic carbocycles. The summed E-state index contributed by atoms with van der Waals surface area (Å²) in [7, 11) is 6.59. The number of fused-ring (bicyclic) bond motifs is 2. The molecular weight excluding hydrogens is 388 g/mol. The molecule has 1 amide bonds. The first kappa shape index (κ1) is 19.7. The highest BCUT2D eigenvalue weighted by Gasteiger charge is 2.32. The van der Waals surface area contributed by atoms with Crippen LogP contribution in [-0.4, -0.2) is 53.1 Å². The topological polar surface area (TPSA) is 103 Å². The maximum absolute atomic E-state index is 12.6. The summed E-state index contributed by atoms with van der Waals surface area (Å²) < 4.78 is 6.09. The van der Waals surface area contributed by atoms with Crippen molar-refractivity contribution in [3.8, 4) is 0 Å². The van der Waals surface area contributed by atoms with Gasteiger partial charge in [0.1, 0.15) is 5.82 Å². The van der Waals surface area contributed by atoms with E-state index in [0.29, 0.717) is 41.6 Å². The second-order valence-corrected chi connectivity index (χ2v) is 7.47. The standard InChI is InChI=1S/C19H24N8O3/c1-12-22(2)15-13(17(28)23(12)3)26(10-20-15)8-6-7-9-27-11-21-16-14(27)18(29)25(5)19(30)24(16)4/h10-11H,1,6-9H2,2-5H3. The molecule has 11 heteroatoms. The van der Waals surface area contributed by atoms with E-state index in [4.69, 9.17) is 0 Å². The summed E-state index contributed by atoms with van der Waals surface area (Å²) in [5.74, 6) is 1.06. The summed E-state index contributed by atoms with van der Waals surface area (Å²) in [6.07, 6.45) is 4.79. The Hall–Kier alpha value is -3.63. The molecule has 0 unspecified atom stereocenters. The Morgan fingerprint density at radius 1 is 0.867 bits per heavy atom. The van der Waals surface area contributed by atoms with Gasteiger partial charge in [0.05, 0.1) is 12.7 Å². The minimum atomic E-state index is -0.398. The third-order valence-electron chi connectivity index (χ3n) is 5.68. The number of hydrogen-bond donors (Lipinski definition) is 0. The molecule has 3 aromatic heterocycles. The number of hydrogen-bond acceptors (Lipinski definition) is 6. The van der Waals surface area contributed by atoms with Crippen molar-refractivity contribution in [1.29, 1.82) is 0 Å². The molecular formula is C19H24N8O3. The largest absolute Gasteiger partial charge is 0.332 e. The van der Waals surface area contributed by atoms with Crippen molar-refractivity contribution in [3.63, 3.8) is 0 Å². The van der Waals surface area contributed by atoms with Gasteiger partial charge < -0.3 is 14.0 Å². The van der Waals surface area contributed by atoms with Crippen molar-refractivity contribution in [1.82, 2.24) is 33.1 Å². The highest BCUT2D eigenvalue weighted by atomic mass is 16.2. The Morgan fingerprint density at radius 3 is 2.20 bits per heavy atom. The third kappa shape index (κ3) is 2.77. The third-order valence-corrected chi connectivity index (χ3v) is 5.68. The van der Waals surface area contributed by atoms with Crippen molar-refractivity contribution in [2.45, 2.75) is 25.9 Å². The molecule has 1 aliphatic heterocycles. The van der Waals surface area contributed by atoms with Crippen LogP contribution in [0, 0.1) is 0 Å². The molecule has 0 fully saturated rings. The number of aromatic nitrogens is 6. The van der Waals surface area contributed by atoms with Crippen LogP contribution in [0.25, 0.3) is 11.2 Å². The van der Waals surface area contributed by atoms with Gasteiger partial charge in [-0.3, -0.25) is 23.6 Å². The van der Waals surface area contributed by atoms with E-state index in [-0.39, 0.29) is 11.5 Å². The van der Waals surface area contributed by atoms with Crippen molar-refractivity contribution in [2.24, 2.45) is 14.1 Å². The molecule has 0 saturated carbocycles. The lowest BCUT2D eigenvalue weighted by Gasteiger charge is -2.33. The van der Waals surface area contributed by atoms with Gasteiger partial charge in [-0.05, 0) is 12.8 Å². The molecule has 0 spiro atoms. The molecule has 11 nitrogen and oxygen atoms in total. The molecule has 0 radical (unpaired) electrons. The Labute approximate surface area is 172 Å². The summed E-state index contributed by atoms with van der Waals surface area (Å²) >= 11 is 0. The number of carbonyl (C=O) groups excluding carboxylic acids is 1. The van der Waals surface area contributed by atoms with Crippen LogP contribution >= 0.6 is 0 Å². The monoisotopic (exact) mass is 412 g/mol. The fourth-order valence-electron chi connectivity index (χ4n) is 3.76. The zero-order valence-electron chi connectivity index (χ0n) is 17.5. The van der Waals surface area contributed by atoms with Gasteiger partial charge in [0, 0.05) is 41.3 Å². The van der Waals surface area contributed by atoms with Crippen LogP contribution in [0.5, 0.6) is 0 Å². The average molecular weight is 412 g/mol. The molecule has 0 aliphatic carbocycles. The highest BCUT2D eigenvalue weighted by molar-refractivity contribution is 6.01. The second-order valence-electron chi connectivity index (χ2n) is 7.47. The Kier molecular flexibility index (Phi) is 4.60. The highest BCUT2D eigenvalue weighted by Crippen LogP contribution is 2.29. The molecule has 0 atom stereocenters. The van der Waals surface area contributed by atoms with Crippen LogP contribution < -0.4 is 16.1 Å². The van der Waals surface area contributed by atoms with E-state index in [1.54, 1.807) is 36.2 Å². The van der Waals surface area contributed by atoms with Crippen LogP contribution in [0.2, 0.25) is 0 Å². The van der Waals surface area contributed by atoms with Gasteiger partial charge in [-0.1, -0.05) is 6.58 Å². The molecule has 30 heavy (non-hydrogen) atoms. The van der Waals surface area contributed by atoms with Gasteiger partial charge in [-0.15, -0.1) is 0 Å². The van der Waals surface area contributed by atoms with Gasteiger partial charge >= 0.3 is 5.69 Å². The maximum Gasteiger partial charge on any atom is 0.332 e. The first-order valence-electron chi connectivity index (χ1n) is 9.60. The molecule has 1 aliphatic rings. The van der Waals surface area contributed by atoms with Crippen LogP contribution in [0.3, 0.4) is 0 Å². The predicted octanol–water partition coefficient (Wildman–Crippen LogP) is 0.104. The number of nitrogens with zero attached hydrogens (tertiary/aromatic N) is 8. The van der Waals surface area contributed by atoms with Crippen LogP contribution in [0.15, 0.2) is 34.6 Å². The van der Waals surface area contributed by atoms with E-state index in [0.717, 1.165) is 17.4 Å². The number of imidazole rings is 2. The molecule has 3 aromatic rings. The number of carbonyl (C=O) groups is 1. The van der Waals surface area contributed by atoms with Gasteiger partial charge in [-0.2, -0.15) is 0 Å².